The quantitative estimate of drug-likeness (QED) is 0.582. The summed E-state index contributed by atoms with van der Waals surface area (Å²) in [5, 5.41) is 2.87. The number of hydrogen-bond donors (Lipinski definition) is 1. The number of anilines is 1. The predicted molar refractivity (Wildman–Crippen MR) is 120 cm³/mol. The molecule has 5 rings (SSSR count). The summed E-state index contributed by atoms with van der Waals surface area (Å²) in [7, 11) is 0. The van der Waals surface area contributed by atoms with Gasteiger partial charge < -0.3 is 14.8 Å². The Hall–Kier alpha value is -4.13. The zero-order valence-electron chi connectivity index (χ0n) is 17.8. The molecule has 2 heterocycles. The van der Waals surface area contributed by atoms with Crippen LogP contribution in [0, 0.1) is 0 Å². The maximum absolute atomic E-state index is 13.0. The summed E-state index contributed by atoms with van der Waals surface area (Å²) < 4.78 is 11.2. The van der Waals surface area contributed by atoms with Crippen molar-refractivity contribution in [1.29, 1.82) is 0 Å². The molecule has 33 heavy (non-hydrogen) atoms. The first-order valence-electron chi connectivity index (χ1n) is 10.8. The number of ether oxygens (including phenoxy) is 2. The number of cyclic esters (lactones) is 1. The second-order valence-electron chi connectivity index (χ2n) is 7.99. The molecule has 166 valence electrons. The molecule has 0 aliphatic carbocycles. The van der Waals surface area contributed by atoms with E-state index in [-0.39, 0.29) is 18.2 Å². The molecule has 2 atom stereocenters. The van der Waals surface area contributed by atoms with E-state index in [4.69, 9.17) is 9.47 Å². The average Bonchev–Trinajstić information content (AvgIpc) is 3.39. The van der Waals surface area contributed by atoms with E-state index >= 15 is 0 Å². The van der Waals surface area contributed by atoms with Crippen molar-refractivity contribution in [1.82, 2.24) is 4.90 Å². The molecule has 0 aromatic heterocycles. The summed E-state index contributed by atoms with van der Waals surface area (Å²) in [5.41, 5.74) is 2.69. The molecule has 1 saturated heterocycles. The highest BCUT2D eigenvalue weighted by atomic mass is 16.6. The molecule has 7 nitrogen and oxygen atoms in total. The van der Waals surface area contributed by atoms with Crippen molar-refractivity contribution in [2.75, 3.05) is 5.32 Å². The third kappa shape index (κ3) is 4.17. The minimum Gasteiger partial charge on any atom is -0.489 e. The number of amides is 2. The van der Waals surface area contributed by atoms with Gasteiger partial charge in [-0.25, -0.2) is 4.79 Å². The average molecular weight is 442 g/mol. The smallest absolute Gasteiger partial charge is 0.340 e. The number of fused-ring (bicyclic) bond motifs is 1. The van der Waals surface area contributed by atoms with E-state index in [1.54, 1.807) is 48.5 Å². The van der Waals surface area contributed by atoms with Gasteiger partial charge in [0.25, 0.3) is 0 Å². The second kappa shape index (κ2) is 8.78. The molecule has 7 heteroatoms. The Balaban J connectivity index is 1.25. The molecule has 2 aliphatic rings. The van der Waals surface area contributed by atoms with E-state index in [1.165, 1.54) is 4.90 Å². The Morgan fingerprint density at radius 2 is 1.70 bits per heavy atom. The van der Waals surface area contributed by atoms with Gasteiger partial charge in [-0.1, -0.05) is 48.5 Å². The number of nitrogens with zero attached hydrogens (tertiary/aromatic N) is 1. The Kier molecular flexibility index (Phi) is 5.52. The van der Waals surface area contributed by atoms with Gasteiger partial charge in [0.2, 0.25) is 18.0 Å². The number of rotatable bonds is 6. The van der Waals surface area contributed by atoms with Gasteiger partial charge >= 0.3 is 5.97 Å². The maximum Gasteiger partial charge on any atom is 0.340 e. The van der Waals surface area contributed by atoms with Crippen molar-refractivity contribution in [3.05, 3.63) is 95.6 Å². The molecule has 2 amide bonds. The van der Waals surface area contributed by atoms with Gasteiger partial charge in [0.15, 0.2) is 0 Å². The lowest BCUT2D eigenvalue weighted by molar-refractivity contribution is -0.144. The van der Waals surface area contributed by atoms with Crippen LogP contribution in [0.3, 0.4) is 0 Å². The van der Waals surface area contributed by atoms with Crippen LogP contribution in [0.4, 0.5) is 5.69 Å². The lowest BCUT2D eigenvalue weighted by Gasteiger charge is -2.29. The maximum atomic E-state index is 13.0. The number of hydrogen-bond acceptors (Lipinski definition) is 5. The number of benzene rings is 3. The molecule has 0 unspecified atom stereocenters. The van der Waals surface area contributed by atoms with Crippen molar-refractivity contribution in [3.8, 4) is 5.75 Å². The third-order valence-electron chi connectivity index (χ3n) is 5.85. The van der Waals surface area contributed by atoms with E-state index in [9.17, 15) is 14.4 Å². The second-order valence-corrected chi connectivity index (χ2v) is 7.99. The molecule has 0 bridgehead atoms. The topological polar surface area (TPSA) is 84.9 Å². The molecule has 3 aromatic carbocycles. The zero-order chi connectivity index (χ0) is 22.8. The number of carbonyl (C=O) groups is 3. The highest BCUT2D eigenvalue weighted by Gasteiger charge is 2.46. The third-order valence-corrected chi connectivity index (χ3v) is 5.85. The molecule has 0 saturated carbocycles. The zero-order valence-corrected chi connectivity index (χ0v) is 17.8. The minimum absolute atomic E-state index is 0.214. The molecule has 0 spiro atoms. The molecular formula is C26H22N2O5. The molecule has 0 radical (unpaired) electrons. The Morgan fingerprint density at radius 1 is 0.970 bits per heavy atom. The highest BCUT2D eigenvalue weighted by Crippen LogP contribution is 2.38. The van der Waals surface area contributed by atoms with Gasteiger partial charge in [-0.05, 0) is 42.3 Å². The van der Waals surface area contributed by atoms with Crippen molar-refractivity contribution < 1.29 is 23.9 Å². The van der Waals surface area contributed by atoms with E-state index in [0.29, 0.717) is 35.6 Å². The lowest BCUT2D eigenvalue weighted by atomic mass is 10.1. The van der Waals surface area contributed by atoms with Crippen LogP contribution in [0.15, 0.2) is 78.9 Å². The van der Waals surface area contributed by atoms with Gasteiger partial charge in [-0.2, -0.15) is 0 Å². The summed E-state index contributed by atoms with van der Waals surface area (Å²) in [6, 6.07) is 23.1. The number of nitrogens with one attached hydrogen (secondary N) is 1. The van der Waals surface area contributed by atoms with Crippen LogP contribution in [-0.4, -0.2) is 28.7 Å². The van der Waals surface area contributed by atoms with Crippen LogP contribution in [0.1, 0.15) is 40.6 Å². The van der Waals surface area contributed by atoms with Crippen LogP contribution in [-0.2, 0) is 20.9 Å². The van der Waals surface area contributed by atoms with E-state index < -0.39 is 18.2 Å². The number of esters is 1. The van der Waals surface area contributed by atoms with Crippen molar-refractivity contribution in [2.24, 2.45) is 0 Å². The summed E-state index contributed by atoms with van der Waals surface area (Å²) in [4.78, 5) is 39.3. The molecular weight excluding hydrogens is 420 g/mol. The SMILES string of the molecule is O=C1O[C@H](N2C(=O)CC[C@H]2C(=O)Nc2ccc(OCc3ccccc3)cc2)c2ccccc21. The fraction of sp³-hybridized carbons (Fsp3) is 0.192. The van der Waals surface area contributed by atoms with Gasteiger partial charge in [-0.15, -0.1) is 0 Å². The van der Waals surface area contributed by atoms with Gasteiger partial charge in [0, 0.05) is 17.7 Å². The van der Waals surface area contributed by atoms with Gasteiger partial charge in [-0.3, -0.25) is 14.5 Å². The first-order chi connectivity index (χ1) is 16.1. The van der Waals surface area contributed by atoms with E-state index in [2.05, 4.69) is 5.32 Å². The molecule has 1 N–H and O–H groups in total. The van der Waals surface area contributed by atoms with E-state index in [0.717, 1.165) is 5.56 Å². The summed E-state index contributed by atoms with van der Waals surface area (Å²) in [6.07, 6.45) is -0.298. The molecule has 3 aromatic rings. The highest BCUT2D eigenvalue weighted by molar-refractivity contribution is 6.00. The van der Waals surface area contributed by atoms with E-state index in [1.807, 2.05) is 30.3 Å². The van der Waals surface area contributed by atoms with Crippen LogP contribution in [0.5, 0.6) is 5.75 Å². The largest absolute Gasteiger partial charge is 0.489 e. The summed E-state index contributed by atoms with van der Waals surface area (Å²) >= 11 is 0. The fourth-order valence-electron chi connectivity index (χ4n) is 4.19. The summed E-state index contributed by atoms with van der Waals surface area (Å²) in [5.74, 6) is -0.335. The molecule has 1 fully saturated rings. The van der Waals surface area contributed by atoms with Crippen molar-refractivity contribution in [2.45, 2.75) is 31.7 Å². The van der Waals surface area contributed by atoms with Crippen LogP contribution < -0.4 is 10.1 Å². The minimum atomic E-state index is -0.881. The van der Waals surface area contributed by atoms with Crippen LogP contribution in [0.2, 0.25) is 0 Å². The summed E-state index contributed by atoms with van der Waals surface area (Å²) in [6.45, 7) is 0.452. The van der Waals surface area contributed by atoms with Gasteiger partial charge in [0.05, 0.1) is 5.56 Å². The Labute approximate surface area is 190 Å². The normalized spacial score (nSPS) is 19.2. The van der Waals surface area contributed by atoms with Crippen LogP contribution >= 0.6 is 0 Å². The first kappa shape index (κ1) is 20.8. The molecule has 2 aliphatic heterocycles. The van der Waals surface area contributed by atoms with Gasteiger partial charge in [0.1, 0.15) is 18.4 Å². The standard InChI is InChI=1S/C26H22N2O5/c29-23-15-14-22(28(23)25-20-8-4-5-9-21(20)26(31)33-25)24(30)27-18-10-12-19(13-11-18)32-16-17-6-2-1-3-7-17/h1-13,22,25H,14-16H2,(H,27,30)/t22-,25-/m0/s1. The van der Waals surface area contributed by atoms with Crippen LogP contribution in [0.25, 0.3) is 0 Å². The van der Waals surface area contributed by atoms with Crippen molar-refractivity contribution in [3.63, 3.8) is 0 Å². The monoisotopic (exact) mass is 442 g/mol. The Bertz CT molecular complexity index is 1190. The van der Waals surface area contributed by atoms with Crippen molar-refractivity contribution >= 4 is 23.5 Å². The Morgan fingerprint density at radius 3 is 2.48 bits per heavy atom. The number of likely N-dealkylation sites (tertiary alicyclic amines) is 1. The first-order valence-corrected chi connectivity index (χ1v) is 10.8. The predicted octanol–water partition coefficient (Wildman–Crippen LogP) is 4.06. The lowest BCUT2D eigenvalue weighted by Crippen LogP contribution is -2.43. The number of carbonyl (C=O) groups excluding carboxylic acids is 3. The fourth-order valence-corrected chi connectivity index (χ4v) is 4.19.